The van der Waals surface area contributed by atoms with Crippen LogP contribution >= 0.6 is 0 Å². The lowest BCUT2D eigenvalue weighted by atomic mass is 10.1. The number of hydrogen-bond donors (Lipinski definition) is 2. The minimum Gasteiger partial charge on any atom is -0.496 e. The first kappa shape index (κ1) is 19.6. The summed E-state index contributed by atoms with van der Waals surface area (Å²) in [6, 6.07) is 4.90. The van der Waals surface area contributed by atoms with Crippen LogP contribution in [0.15, 0.2) is 18.2 Å². The largest absolute Gasteiger partial charge is 0.496 e. The number of ether oxygens (including phenoxy) is 1. The van der Waals surface area contributed by atoms with Crippen molar-refractivity contribution in [3.05, 3.63) is 29.3 Å². The Balaban J connectivity index is 2.07. The number of carbonyl (C=O) groups is 1. The lowest BCUT2D eigenvalue weighted by Gasteiger charge is -2.18. The zero-order chi connectivity index (χ0) is 18.8. The predicted molar refractivity (Wildman–Crippen MR) is 92.2 cm³/mol. The van der Waals surface area contributed by atoms with E-state index < -0.39 is 22.1 Å². The first-order chi connectivity index (χ1) is 11.6. The minimum absolute atomic E-state index is 0.0754. The Morgan fingerprint density at radius 3 is 2.60 bits per heavy atom. The summed E-state index contributed by atoms with van der Waals surface area (Å²) in [6.07, 6.45) is -0.730. The molecule has 1 aliphatic rings. The highest BCUT2D eigenvalue weighted by Gasteiger charge is 2.35. The van der Waals surface area contributed by atoms with Gasteiger partial charge in [-0.15, -0.1) is 0 Å². The monoisotopic (exact) mass is 372 g/mol. The lowest BCUT2D eigenvalue weighted by Crippen LogP contribution is -2.33. The molecule has 0 unspecified atom stereocenters. The van der Waals surface area contributed by atoms with Gasteiger partial charge in [-0.1, -0.05) is 6.07 Å². The molecule has 0 spiro atoms. The fraction of sp³-hybridized carbons (Fsp3) is 0.562. The summed E-state index contributed by atoms with van der Waals surface area (Å²) in [5.41, 5.74) is 0.841. The summed E-state index contributed by atoms with van der Waals surface area (Å²) in [6.45, 7) is 1.21. The second-order valence-corrected chi connectivity index (χ2v) is 8.65. The molecule has 0 aromatic heterocycles. The van der Waals surface area contributed by atoms with Crippen molar-refractivity contribution in [3.63, 3.8) is 0 Å². The van der Waals surface area contributed by atoms with E-state index in [1.807, 2.05) is 4.90 Å². The van der Waals surface area contributed by atoms with Gasteiger partial charge in [0.05, 0.1) is 19.0 Å². The van der Waals surface area contributed by atoms with E-state index in [2.05, 4.69) is 0 Å². The van der Waals surface area contributed by atoms with Gasteiger partial charge in [0.25, 0.3) is 0 Å². The first-order valence-corrected chi connectivity index (χ1v) is 9.45. The Hall–Kier alpha value is -1.68. The fourth-order valence-corrected chi connectivity index (χ4v) is 4.10. The van der Waals surface area contributed by atoms with Gasteiger partial charge in [-0.05, 0) is 17.7 Å². The molecule has 0 aliphatic carbocycles. The van der Waals surface area contributed by atoms with Crippen LogP contribution in [-0.2, 0) is 16.6 Å². The first-order valence-electron chi connectivity index (χ1n) is 7.85. The second kappa shape index (κ2) is 7.69. The van der Waals surface area contributed by atoms with Crippen molar-refractivity contribution in [1.29, 1.82) is 0 Å². The number of nitrogens with zero attached hydrogens (tertiary/aromatic N) is 2. The van der Waals surface area contributed by atoms with E-state index in [9.17, 15) is 23.4 Å². The highest BCUT2D eigenvalue weighted by Crippen LogP contribution is 2.24. The normalized spacial score (nSPS) is 21.6. The number of likely N-dealkylation sites (tertiary alicyclic amines) is 1. The van der Waals surface area contributed by atoms with Crippen LogP contribution in [0.4, 0.5) is 0 Å². The standard InChI is InChI=1S/C16H24N2O6S/c1-17(2)25(22,23)10-12-8-18(9-14(12)19)7-11-4-5-15(24-3)13(6-11)16(20)21/h4-6,12,14,19H,7-10H2,1-3H3,(H,20,21)/t12-,14+/m0/s1. The maximum Gasteiger partial charge on any atom is 0.339 e. The Labute approximate surface area is 147 Å². The van der Waals surface area contributed by atoms with Gasteiger partial charge in [-0.3, -0.25) is 4.90 Å². The smallest absolute Gasteiger partial charge is 0.339 e. The van der Waals surface area contributed by atoms with Gasteiger partial charge >= 0.3 is 5.97 Å². The number of methoxy groups -OCH3 is 1. The molecule has 1 aromatic carbocycles. The molecule has 1 aromatic rings. The Kier molecular flexibility index (Phi) is 6.04. The van der Waals surface area contributed by atoms with E-state index in [1.54, 1.807) is 12.1 Å². The number of hydrogen-bond acceptors (Lipinski definition) is 6. The number of carboxylic acid groups (broad SMARTS) is 1. The fourth-order valence-electron chi connectivity index (χ4n) is 2.93. The van der Waals surface area contributed by atoms with Crippen molar-refractivity contribution in [2.24, 2.45) is 5.92 Å². The topological polar surface area (TPSA) is 107 Å². The molecule has 2 N–H and O–H groups in total. The number of β-amino-alcohol motifs (C(OH)–C–C–N with tert-alkyl or cyclic N) is 1. The van der Waals surface area contributed by atoms with Gasteiger partial charge in [0.1, 0.15) is 11.3 Å². The van der Waals surface area contributed by atoms with Gasteiger partial charge in [0.15, 0.2) is 0 Å². The Morgan fingerprint density at radius 1 is 1.36 bits per heavy atom. The Bertz CT molecular complexity index is 734. The van der Waals surface area contributed by atoms with E-state index in [1.165, 1.54) is 27.3 Å². The average molecular weight is 372 g/mol. The summed E-state index contributed by atoms with van der Waals surface area (Å²) in [5, 5.41) is 19.4. The predicted octanol–water partition coefficient (Wildman–Crippen LogP) is 0.0775. The molecule has 1 heterocycles. The zero-order valence-electron chi connectivity index (χ0n) is 14.5. The molecular formula is C16H24N2O6S. The van der Waals surface area contributed by atoms with Gasteiger partial charge in [-0.2, -0.15) is 0 Å². The molecule has 1 aliphatic heterocycles. The van der Waals surface area contributed by atoms with Gasteiger partial charge in [0, 0.05) is 39.6 Å². The van der Waals surface area contributed by atoms with Crippen LogP contribution in [0, 0.1) is 5.92 Å². The molecule has 25 heavy (non-hydrogen) atoms. The van der Waals surface area contributed by atoms with E-state index in [0.717, 1.165) is 9.87 Å². The third kappa shape index (κ3) is 4.69. The summed E-state index contributed by atoms with van der Waals surface area (Å²) in [4.78, 5) is 13.2. The van der Waals surface area contributed by atoms with Crippen molar-refractivity contribution in [2.75, 3.05) is 40.0 Å². The minimum atomic E-state index is -3.39. The number of sulfonamides is 1. The number of rotatable bonds is 7. The molecule has 2 atom stereocenters. The third-order valence-corrected chi connectivity index (χ3v) is 6.33. The molecule has 0 saturated carbocycles. The van der Waals surface area contributed by atoms with Gasteiger partial charge < -0.3 is 14.9 Å². The Morgan fingerprint density at radius 2 is 2.04 bits per heavy atom. The zero-order valence-corrected chi connectivity index (χ0v) is 15.4. The van der Waals surface area contributed by atoms with E-state index in [0.29, 0.717) is 19.6 Å². The van der Waals surface area contributed by atoms with Crippen molar-refractivity contribution in [3.8, 4) is 5.75 Å². The van der Waals surface area contributed by atoms with Gasteiger partial charge in [-0.25, -0.2) is 17.5 Å². The molecule has 0 amide bonds. The van der Waals surface area contributed by atoms with Crippen LogP contribution in [0.25, 0.3) is 0 Å². The van der Waals surface area contributed by atoms with Crippen molar-refractivity contribution in [2.45, 2.75) is 12.6 Å². The van der Waals surface area contributed by atoms with Crippen LogP contribution in [0.2, 0.25) is 0 Å². The molecule has 1 fully saturated rings. The van der Waals surface area contributed by atoms with Crippen molar-refractivity contribution >= 4 is 16.0 Å². The highest BCUT2D eigenvalue weighted by molar-refractivity contribution is 7.89. The van der Waals surface area contributed by atoms with Crippen LogP contribution in [-0.4, -0.2) is 80.0 Å². The summed E-state index contributed by atoms with van der Waals surface area (Å²) in [7, 11) is 0.968. The average Bonchev–Trinajstić information content (AvgIpc) is 2.85. The number of aliphatic hydroxyl groups is 1. The van der Waals surface area contributed by atoms with Crippen LogP contribution in [0.5, 0.6) is 5.75 Å². The summed E-state index contributed by atoms with van der Waals surface area (Å²) in [5.74, 6) is -1.27. The van der Waals surface area contributed by atoms with Crippen molar-refractivity contribution in [1.82, 2.24) is 9.21 Å². The molecule has 1 saturated heterocycles. The quantitative estimate of drug-likeness (QED) is 0.698. The molecular weight excluding hydrogens is 348 g/mol. The molecule has 140 valence electrons. The lowest BCUT2D eigenvalue weighted by molar-refractivity contribution is 0.0693. The van der Waals surface area contributed by atoms with Crippen LogP contribution < -0.4 is 4.74 Å². The molecule has 2 rings (SSSR count). The molecule has 0 radical (unpaired) electrons. The second-order valence-electron chi connectivity index (χ2n) is 6.42. The molecule has 9 heteroatoms. The van der Waals surface area contributed by atoms with Crippen molar-refractivity contribution < 1.29 is 28.2 Å². The van der Waals surface area contributed by atoms with Crippen LogP contribution in [0.3, 0.4) is 0 Å². The number of carboxylic acids is 1. The van der Waals surface area contributed by atoms with E-state index in [4.69, 9.17) is 4.74 Å². The highest BCUT2D eigenvalue weighted by atomic mass is 32.2. The summed E-state index contributed by atoms with van der Waals surface area (Å²) < 4.78 is 30.2. The maximum absolute atomic E-state index is 12.0. The van der Waals surface area contributed by atoms with Gasteiger partial charge in [0.2, 0.25) is 10.0 Å². The third-order valence-electron chi connectivity index (χ3n) is 4.36. The number of aromatic carboxylic acids is 1. The SMILES string of the molecule is COc1ccc(CN2C[C@@H](CS(=O)(=O)N(C)C)[C@H](O)C2)cc1C(=O)O. The van der Waals surface area contributed by atoms with E-state index in [-0.39, 0.29) is 23.0 Å². The maximum atomic E-state index is 12.0. The van der Waals surface area contributed by atoms with Crippen LogP contribution in [0.1, 0.15) is 15.9 Å². The number of aliphatic hydroxyl groups excluding tert-OH is 1. The number of benzene rings is 1. The molecule has 8 nitrogen and oxygen atoms in total. The summed E-state index contributed by atoms with van der Waals surface area (Å²) >= 11 is 0. The molecule has 0 bridgehead atoms. The van der Waals surface area contributed by atoms with E-state index >= 15 is 0 Å².